The topological polar surface area (TPSA) is 61.8 Å². The molecule has 0 rings (SSSR count). The normalized spacial score (nSPS) is 14.5. The van der Waals surface area contributed by atoms with E-state index in [1.807, 2.05) is 33.6 Å². The molecule has 0 heterocycles. The zero-order valence-corrected chi connectivity index (χ0v) is 24.6. The number of hydrogen-bond acceptors (Lipinski definition) is 5. The van der Waals surface area contributed by atoms with E-state index in [1.165, 1.54) is 0 Å². The second kappa shape index (κ2) is 13.7. The second-order valence-corrected chi connectivity index (χ2v) is 29.9. The molecular weight excluding hydrogens is 558 g/mol. The summed E-state index contributed by atoms with van der Waals surface area (Å²) in [6, 6.07) is 0. The summed E-state index contributed by atoms with van der Waals surface area (Å²) in [5.74, 6) is -0.364. The van der Waals surface area contributed by atoms with E-state index in [4.69, 9.17) is 7.56 Å². The van der Waals surface area contributed by atoms with Crippen molar-refractivity contribution in [3.8, 4) is 0 Å². The first-order valence-electron chi connectivity index (χ1n) is 10.7. The molecule has 0 aromatic carbocycles. The maximum absolute atomic E-state index is 12.5. The van der Waals surface area contributed by atoms with Gasteiger partial charge in [-0.3, -0.25) is 0 Å². The van der Waals surface area contributed by atoms with Crippen molar-refractivity contribution in [1.29, 1.82) is 0 Å². The molecule has 0 fully saturated rings. The van der Waals surface area contributed by atoms with Crippen LogP contribution in [0.4, 0.5) is 0 Å². The van der Waals surface area contributed by atoms with Crippen molar-refractivity contribution in [3.63, 3.8) is 0 Å². The monoisotopic (exact) mass is 602 g/mol. The van der Waals surface area contributed by atoms with Crippen molar-refractivity contribution in [2.75, 3.05) is 0 Å². The fourth-order valence-corrected chi connectivity index (χ4v) is 34.8. The van der Waals surface area contributed by atoms with Gasteiger partial charge in [0.15, 0.2) is 0 Å². The van der Waals surface area contributed by atoms with Gasteiger partial charge in [0, 0.05) is 0 Å². The van der Waals surface area contributed by atoms with Gasteiger partial charge in [0.2, 0.25) is 0 Å². The van der Waals surface area contributed by atoms with E-state index in [0.717, 1.165) is 51.4 Å². The zero-order valence-electron chi connectivity index (χ0n) is 18.9. The Kier molecular flexibility index (Phi) is 13.9. The van der Waals surface area contributed by atoms with Crippen LogP contribution < -0.4 is 0 Å². The van der Waals surface area contributed by atoms with Gasteiger partial charge in [-0.05, 0) is 0 Å². The SMILES string of the molecule is CCCCC(CC)C(=O)[O][Sn]([CH3])([CH3])[O][Sn]([CH3])([CH3])[O]C(=O)C(CC)CCCC. The second-order valence-electron chi connectivity index (χ2n) is 8.24. The summed E-state index contributed by atoms with van der Waals surface area (Å²) in [5, 5.41) is 0. The molecular formula is C20H42O5Sn2. The molecule has 0 bridgehead atoms. The molecule has 27 heavy (non-hydrogen) atoms. The van der Waals surface area contributed by atoms with Gasteiger partial charge in [-0.1, -0.05) is 0 Å². The summed E-state index contributed by atoms with van der Waals surface area (Å²) in [6.07, 6.45) is 7.52. The first kappa shape index (κ1) is 27.5. The molecule has 0 N–H and O–H groups in total. The average Bonchev–Trinajstić information content (AvgIpc) is 2.54. The van der Waals surface area contributed by atoms with Crippen LogP contribution in [0, 0.1) is 11.8 Å². The van der Waals surface area contributed by atoms with Crippen LogP contribution in [0.25, 0.3) is 0 Å². The Morgan fingerprint density at radius 3 is 1.30 bits per heavy atom. The standard InChI is InChI=1S/2C8H16O2.4CH3.O.2Sn/c2*1-3-5-6-7(4-2)8(9)10;;;;;;;/h2*7H,3-6H2,1-2H3,(H,9,10);4*1H3;;;/q;;;;;;;2*+1/p-2. The van der Waals surface area contributed by atoms with Gasteiger partial charge in [0.25, 0.3) is 0 Å². The Balaban J connectivity index is 4.82. The van der Waals surface area contributed by atoms with Crippen LogP contribution in [0.5, 0.6) is 0 Å². The van der Waals surface area contributed by atoms with Crippen molar-refractivity contribution in [2.24, 2.45) is 11.8 Å². The van der Waals surface area contributed by atoms with Gasteiger partial charge in [0.05, 0.1) is 0 Å². The molecule has 0 saturated heterocycles. The Morgan fingerprint density at radius 1 is 0.704 bits per heavy atom. The van der Waals surface area contributed by atoms with Crippen LogP contribution in [0.1, 0.15) is 79.1 Å². The molecule has 2 atom stereocenters. The van der Waals surface area contributed by atoms with E-state index < -0.39 is 38.4 Å². The van der Waals surface area contributed by atoms with Crippen molar-refractivity contribution in [3.05, 3.63) is 0 Å². The number of carbonyl (C=O) groups is 2. The summed E-state index contributed by atoms with van der Waals surface area (Å²) in [6.45, 7) is 8.30. The first-order chi connectivity index (χ1) is 12.5. The zero-order chi connectivity index (χ0) is 21.1. The number of rotatable bonds is 14. The maximum atomic E-state index is 12.5. The minimum absolute atomic E-state index is 0.0519. The van der Waals surface area contributed by atoms with Gasteiger partial charge >= 0.3 is 178 Å². The Hall–Kier alpha value is 0.497. The number of unbranched alkanes of at least 4 members (excludes halogenated alkanes) is 2. The third-order valence-electron chi connectivity index (χ3n) is 4.65. The Bertz CT molecular complexity index is 412. The third-order valence-corrected chi connectivity index (χ3v) is 30.2. The summed E-state index contributed by atoms with van der Waals surface area (Å²) in [4.78, 5) is 32.9. The van der Waals surface area contributed by atoms with Crippen molar-refractivity contribution < 1.29 is 17.1 Å². The summed E-state index contributed by atoms with van der Waals surface area (Å²) < 4.78 is 18.0. The van der Waals surface area contributed by atoms with Crippen LogP contribution >= 0.6 is 0 Å². The fourth-order valence-electron chi connectivity index (χ4n) is 3.16. The van der Waals surface area contributed by atoms with E-state index in [0.29, 0.717) is 0 Å². The molecule has 0 aromatic heterocycles. The third kappa shape index (κ3) is 11.9. The van der Waals surface area contributed by atoms with Crippen molar-refractivity contribution in [1.82, 2.24) is 0 Å². The molecule has 0 spiro atoms. The number of carbonyl (C=O) groups excluding carboxylic acids is 2. The van der Waals surface area contributed by atoms with Crippen LogP contribution in [0.15, 0.2) is 0 Å². The van der Waals surface area contributed by atoms with Gasteiger partial charge in [-0.2, -0.15) is 0 Å². The quantitative estimate of drug-likeness (QED) is 0.232. The van der Waals surface area contributed by atoms with Gasteiger partial charge < -0.3 is 0 Å². The predicted octanol–water partition coefficient (Wildman–Crippen LogP) is 5.93. The summed E-state index contributed by atoms with van der Waals surface area (Å²) >= 11 is -7.03. The molecule has 0 aliphatic carbocycles. The average molecular weight is 600 g/mol. The molecule has 5 nitrogen and oxygen atoms in total. The van der Waals surface area contributed by atoms with Crippen LogP contribution in [0.3, 0.4) is 0 Å². The molecule has 0 amide bonds. The molecule has 0 saturated carbocycles. The van der Waals surface area contributed by atoms with Gasteiger partial charge in [0.1, 0.15) is 0 Å². The molecule has 0 aliphatic rings. The van der Waals surface area contributed by atoms with E-state index in [2.05, 4.69) is 13.8 Å². The molecule has 7 heteroatoms. The van der Waals surface area contributed by atoms with Crippen LogP contribution in [0.2, 0.25) is 19.8 Å². The van der Waals surface area contributed by atoms with E-state index in [9.17, 15) is 9.59 Å². The van der Waals surface area contributed by atoms with E-state index >= 15 is 0 Å². The molecule has 160 valence electrons. The molecule has 0 aromatic rings. The van der Waals surface area contributed by atoms with Crippen LogP contribution in [-0.4, -0.2) is 50.3 Å². The van der Waals surface area contributed by atoms with E-state index in [-0.39, 0.29) is 23.8 Å². The van der Waals surface area contributed by atoms with Crippen LogP contribution in [-0.2, 0) is 17.1 Å². The molecule has 0 aliphatic heterocycles. The number of hydrogen-bond donors (Lipinski definition) is 0. The first-order valence-corrected chi connectivity index (χ1v) is 26.7. The minimum atomic E-state index is -3.51. The Labute approximate surface area is 177 Å². The molecule has 0 radical (unpaired) electrons. The van der Waals surface area contributed by atoms with Gasteiger partial charge in [-0.15, -0.1) is 0 Å². The fraction of sp³-hybridized carbons (Fsp3) is 0.900. The summed E-state index contributed by atoms with van der Waals surface area (Å²) in [7, 11) is 0. The van der Waals surface area contributed by atoms with Crippen molar-refractivity contribution in [2.45, 2.75) is 98.8 Å². The Morgan fingerprint density at radius 2 is 1.04 bits per heavy atom. The predicted molar refractivity (Wildman–Crippen MR) is 115 cm³/mol. The van der Waals surface area contributed by atoms with Crippen molar-refractivity contribution >= 4 is 50.3 Å². The summed E-state index contributed by atoms with van der Waals surface area (Å²) in [5.41, 5.74) is 0. The van der Waals surface area contributed by atoms with Gasteiger partial charge in [-0.25, -0.2) is 0 Å². The van der Waals surface area contributed by atoms with E-state index in [1.54, 1.807) is 0 Å². The molecule has 2 unspecified atom stereocenters.